The lowest BCUT2D eigenvalue weighted by atomic mass is 10.1. The molecule has 0 aliphatic carbocycles. The van der Waals surface area contributed by atoms with Gasteiger partial charge in [0, 0.05) is 17.0 Å². The van der Waals surface area contributed by atoms with E-state index in [0.717, 1.165) is 22.2 Å². The molecule has 0 amide bonds. The summed E-state index contributed by atoms with van der Waals surface area (Å²) in [5, 5.41) is 15.5. The van der Waals surface area contributed by atoms with E-state index >= 15 is 0 Å². The van der Waals surface area contributed by atoms with E-state index in [1.807, 2.05) is 6.07 Å². The van der Waals surface area contributed by atoms with Crippen LogP contribution in [0.3, 0.4) is 0 Å². The number of aliphatic hydroxyl groups excluding tert-OH is 1. The second-order valence-electron chi connectivity index (χ2n) is 5.30. The van der Waals surface area contributed by atoms with Crippen molar-refractivity contribution in [3.63, 3.8) is 0 Å². The van der Waals surface area contributed by atoms with Crippen LogP contribution in [0.5, 0.6) is 0 Å². The molecule has 1 N–H and O–H groups in total. The molecule has 23 heavy (non-hydrogen) atoms. The first-order valence-electron chi connectivity index (χ1n) is 7.07. The normalized spacial score (nSPS) is 12.5. The van der Waals surface area contributed by atoms with Crippen molar-refractivity contribution in [1.29, 1.82) is 0 Å². The zero-order chi connectivity index (χ0) is 16.6. The largest absolute Gasteiger partial charge is 0.386 e. The molecular weight excluding hydrogens is 302 g/mol. The van der Waals surface area contributed by atoms with Crippen LogP contribution in [0.25, 0.3) is 10.8 Å². The van der Waals surface area contributed by atoms with Crippen molar-refractivity contribution < 1.29 is 13.9 Å². The third-order valence-corrected chi connectivity index (χ3v) is 3.72. The van der Waals surface area contributed by atoms with Gasteiger partial charge in [-0.25, -0.2) is 13.5 Å². The summed E-state index contributed by atoms with van der Waals surface area (Å²) in [6.45, 7) is 1.54. The van der Waals surface area contributed by atoms with Crippen LogP contribution < -0.4 is 5.56 Å². The number of aliphatic hydroxyl groups is 1. The van der Waals surface area contributed by atoms with E-state index in [1.165, 1.54) is 0 Å². The standard InChI is InChI=1S/C17H14F2N2O2/c1-10-12-4-2-3-5-13(12)17(23)21(20-10)9-16(22)14-7-6-11(18)8-15(14)19/h2-8,16,22H,9H2,1H3. The monoisotopic (exact) mass is 316 g/mol. The van der Waals surface area contributed by atoms with Crippen LogP contribution in [0.15, 0.2) is 47.3 Å². The zero-order valence-corrected chi connectivity index (χ0v) is 12.3. The van der Waals surface area contributed by atoms with Crippen LogP contribution in [0.2, 0.25) is 0 Å². The second kappa shape index (κ2) is 5.89. The fourth-order valence-corrected chi connectivity index (χ4v) is 2.56. The fourth-order valence-electron chi connectivity index (χ4n) is 2.56. The van der Waals surface area contributed by atoms with Gasteiger partial charge in [-0.05, 0) is 19.1 Å². The van der Waals surface area contributed by atoms with Gasteiger partial charge in [0.1, 0.15) is 17.7 Å². The van der Waals surface area contributed by atoms with E-state index in [0.29, 0.717) is 17.1 Å². The summed E-state index contributed by atoms with van der Waals surface area (Å²) in [6.07, 6.45) is -1.30. The molecule has 0 saturated heterocycles. The molecule has 0 bridgehead atoms. The average molecular weight is 316 g/mol. The molecule has 0 aliphatic rings. The second-order valence-corrected chi connectivity index (χ2v) is 5.30. The van der Waals surface area contributed by atoms with Gasteiger partial charge in [0.05, 0.1) is 17.6 Å². The van der Waals surface area contributed by atoms with Crippen molar-refractivity contribution in [2.45, 2.75) is 19.6 Å². The van der Waals surface area contributed by atoms with Gasteiger partial charge < -0.3 is 5.11 Å². The van der Waals surface area contributed by atoms with Gasteiger partial charge in [0.2, 0.25) is 0 Å². The SMILES string of the molecule is Cc1nn(CC(O)c2ccc(F)cc2F)c(=O)c2ccccc12. The van der Waals surface area contributed by atoms with E-state index in [1.54, 1.807) is 25.1 Å². The Hall–Kier alpha value is -2.60. The lowest BCUT2D eigenvalue weighted by molar-refractivity contribution is 0.145. The first-order valence-corrected chi connectivity index (χ1v) is 7.07. The summed E-state index contributed by atoms with van der Waals surface area (Å²) in [4.78, 5) is 12.4. The highest BCUT2D eigenvalue weighted by atomic mass is 19.1. The molecule has 1 aromatic heterocycles. The van der Waals surface area contributed by atoms with Gasteiger partial charge in [-0.15, -0.1) is 0 Å². The van der Waals surface area contributed by atoms with Crippen LogP contribution in [0, 0.1) is 18.6 Å². The van der Waals surface area contributed by atoms with Crippen molar-refractivity contribution in [2.75, 3.05) is 0 Å². The molecule has 118 valence electrons. The molecule has 6 heteroatoms. The highest BCUT2D eigenvalue weighted by Gasteiger charge is 2.16. The number of hydrogen-bond acceptors (Lipinski definition) is 3. The number of benzene rings is 2. The van der Waals surface area contributed by atoms with Gasteiger partial charge >= 0.3 is 0 Å². The quantitative estimate of drug-likeness (QED) is 0.808. The maximum absolute atomic E-state index is 13.7. The fraction of sp³-hybridized carbons (Fsp3) is 0.176. The predicted molar refractivity (Wildman–Crippen MR) is 82.1 cm³/mol. The van der Waals surface area contributed by atoms with E-state index in [4.69, 9.17) is 0 Å². The number of nitrogens with zero attached hydrogens (tertiary/aromatic N) is 2. The molecule has 0 radical (unpaired) electrons. The summed E-state index contributed by atoms with van der Waals surface area (Å²) in [5.41, 5.74) is 0.186. The van der Waals surface area contributed by atoms with Crippen LogP contribution in [0.1, 0.15) is 17.4 Å². The van der Waals surface area contributed by atoms with Crippen LogP contribution >= 0.6 is 0 Å². The maximum atomic E-state index is 13.7. The molecule has 0 aliphatic heterocycles. The third kappa shape index (κ3) is 2.85. The number of halogens is 2. The molecule has 3 aromatic rings. The summed E-state index contributed by atoms with van der Waals surface area (Å²) < 4.78 is 27.8. The Labute approximate surface area is 130 Å². The zero-order valence-electron chi connectivity index (χ0n) is 12.3. The lowest BCUT2D eigenvalue weighted by Crippen LogP contribution is -2.27. The van der Waals surface area contributed by atoms with E-state index in [2.05, 4.69) is 5.10 Å². The minimum absolute atomic E-state index is 0.0779. The molecule has 1 heterocycles. The minimum Gasteiger partial charge on any atom is -0.386 e. The molecule has 0 saturated carbocycles. The van der Waals surface area contributed by atoms with Crippen molar-refractivity contribution in [3.05, 3.63) is 75.7 Å². The summed E-state index contributed by atoms with van der Waals surface area (Å²) >= 11 is 0. The van der Waals surface area contributed by atoms with Crippen LogP contribution in [-0.4, -0.2) is 14.9 Å². The number of fused-ring (bicyclic) bond motifs is 1. The molecule has 0 spiro atoms. The average Bonchev–Trinajstić information content (AvgIpc) is 2.52. The summed E-state index contributed by atoms with van der Waals surface area (Å²) in [6, 6.07) is 9.93. The van der Waals surface area contributed by atoms with Crippen molar-refractivity contribution in [2.24, 2.45) is 0 Å². The number of aryl methyl sites for hydroxylation is 1. The lowest BCUT2D eigenvalue weighted by Gasteiger charge is -2.14. The van der Waals surface area contributed by atoms with Gasteiger partial charge in [-0.2, -0.15) is 5.10 Å². The minimum atomic E-state index is -1.30. The Morgan fingerprint density at radius 3 is 2.57 bits per heavy atom. The van der Waals surface area contributed by atoms with E-state index in [-0.39, 0.29) is 17.7 Å². The third-order valence-electron chi connectivity index (χ3n) is 3.72. The number of hydrogen-bond donors (Lipinski definition) is 1. The van der Waals surface area contributed by atoms with Gasteiger partial charge in [0.25, 0.3) is 5.56 Å². The maximum Gasteiger partial charge on any atom is 0.274 e. The molecular formula is C17H14F2N2O2. The smallest absolute Gasteiger partial charge is 0.274 e. The molecule has 1 unspecified atom stereocenters. The summed E-state index contributed by atoms with van der Waals surface area (Å²) in [5.74, 6) is -1.58. The van der Waals surface area contributed by atoms with Gasteiger partial charge in [0.15, 0.2) is 0 Å². The molecule has 4 nitrogen and oxygen atoms in total. The Morgan fingerprint density at radius 1 is 1.17 bits per heavy atom. The van der Waals surface area contributed by atoms with Crippen molar-refractivity contribution in [3.8, 4) is 0 Å². The van der Waals surface area contributed by atoms with Gasteiger partial charge in [-0.3, -0.25) is 4.79 Å². The molecule has 1 atom stereocenters. The Balaban J connectivity index is 2.01. The highest BCUT2D eigenvalue weighted by Crippen LogP contribution is 2.20. The Morgan fingerprint density at radius 2 is 1.87 bits per heavy atom. The predicted octanol–water partition coefficient (Wildman–Crippen LogP) is 2.72. The molecule has 3 rings (SSSR count). The van der Waals surface area contributed by atoms with Crippen molar-refractivity contribution >= 4 is 10.8 Å². The van der Waals surface area contributed by atoms with E-state index in [9.17, 15) is 18.7 Å². The molecule has 2 aromatic carbocycles. The molecule has 0 fully saturated rings. The van der Waals surface area contributed by atoms with E-state index < -0.39 is 17.7 Å². The Bertz CT molecular complexity index is 938. The van der Waals surface area contributed by atoms with Crippen LogP contribution in [-0.2, 0) is 6.54 Å². The van der Waals surface area contributed by atoms with Gasteiger partial charge in [-0.1, -0.05) is 24.3 Å². The number of aromatic nitrogens is 2. The summed E-state index contributed by atoms with van der Waals surface area (Å²) in [7, 11) is 0. The number of rotatable bonds is 3. The van der Waals surface area contributed by atoms with Crippen molar-refractivity contribution in [1.82, 2.24) is 9.78 Å². The Kier molecular flexibility index (Phi) is 3.92. The first-order chi connectivity index (χ1) is 11.0. The first kappa shape index (κ1) is 15.3. The highest BCUT2D eigenvalue weighted by molar-refractivity contribution is 5.83. The topological polar surface area (TPSA) is 55.1 Å². The van der Waals surface area contributed by atoms with Crippen LogP contribution in [0.4, 0.5) is 8.78 Å².